The number of nitrogens with zero attached hydrogens (tertiary/aromatic N) is 1. The normalized spacial score (nSPS) is 23.3. The molecule has 2 heterocycles. The molecule has 0 aliphatic carbocycles. The molecule has 6 nitrogen and oxygen atoms in total. The zero-order chi connectivity index (χ0) is 17.6. The number of hydrogen-bond donors (Lipinski definition) is 2. The highest BCUT2D eigenvalue weighted by Crippen LogP contribution is 2.20. The van der Waals surface area contributed by atoms with Gasteiger partial charge in [-0.2, -0.15) is 0 Å². The number of nitrogens with one attached hydrogen (secondary N) is 2. The summed E-state index contributed by atoms with van der Waals surface area (Å²) >= 11 is 0. The van der Waals surface area contributed by atoms with E-state index in [1.165, 1.54) is 6.42 Å². The van der Waals surface area contributed by atoms with E-state index in [0.29, 0.717) is 23.8 Å². The summed E-state index contributed by atoms with van der Waals surface area (Å²) in [5.41, 5.74) is 1.34. The van der Waals surface area contributed by atoms with Gasteiger partial charge in [0.05, 0.1) is 6.10 Å². The van der Waals surface area contributed by atoms with E-state index in [4.69, 9.17) is 4.74 Å². The van der Waals surface area contributed by atoms with Crippen molar-refractivity contribution in [1.82, 2.24) is 10.2 Å². The lowest BCUT2D eigenvalue weighted by atomic mass is 10.0. The molecule has 2 N–H and O–H groups in total. The number of piperidine rings is 1. The lowest BCUT2D eigenvalue weighted by Crippen LogP contribution is -2.42. The number of likely N-dealkylation sites (tertiary alicyclic amines) is 1. The van der Waals surface area contributed by atoms with Gasteiger partial charge in [-0.05, 0) is 63.3 Å². The minimum Gasteiger partial charge on any atom is -0.376 e. The lowest BCUT2D eigenvalue weighted by Gasteiger charge is -2.33. The Kier molecular flexibility index (Phi) is 5.91. The van der Waals surface area contributed by atoms with Gasteiger partial charge in [-0.1, -0.05) is 0 Å². The van der Waals surface area contributed by atoms with Crippen LogP contribution in [0.4, 0.5) is 10.5 Å². The van der Waals surface area contributed by atoms with Gasteiger partial charge in [-0.3, -0.25) is 4.79 Å². The third-order valence-corrected chi connectivity index (χ3v) is 4.97. The Hall–Kier alpha value is -2.08. The molecular weight excluding hydrogens is 318 g/mol. The highest BCUT2D eigenvalue weighted by Gasteiger charge is 2.24. The maximum absolute atomic E-state index is 12.6. The molecule has 136 valence electrons. The number of benzene rings is 1. The average molecular weight is 345 g/mol. The number of ether oxygens (including phenoxy) is 1. The minimum absolute atomic E-state index is 0.0709. The number of rotatable bonds is 4. The Morgan fingerprint density at radius 1 is 1.16 bits per heavy atom. The van der Waals surface area contributed by atoms with Gasteiger partial charge in [0.15, 0.2) is 0 Å². The Labute approximate surface area is 148 Å². The van der Waals surface area contributed by atoms with Crippen LogP contribution in [0.25, 0.3) is 0 Å². The second kappa shape index (κ2) is 8.34. The average Bonchev–Trinajstić information content (AvgIpc) is 3.14. The van der Waals surface area contributed by atoms with Gasteiger partial charge in [0.2, 0.25) is 0 Å². The molecule has 0 aromatic heterocycles. The largest absolute Gasteiger partial charge is 0.376 e. The van der Waals surface area contributed by atoms with Crippen molar-refractivity contribution in [1.29, 1.82) is 0 Å². The molecule has 0 spiro atoms. The van der Waals surface area contributed by atoms with Crippen molar-refractivity contribution in [3.63, 3.8) is 0 Å². The summed E-state index contributed by atoms with van der Waals surface area (Å²) in [4.78, 5) is 26.5. The fourth-order valence-corrected chi connectivity index (χ4v) is 3.45. The molecule has 2 aliphatic rings. The third kappa shape index (κ3) is 4.72. The smallest absolute Gasteiger partial charge is 0.319 e. The van der Waals surface area contributed by atoms with Crippen molar-refractivity contribution in [2.75, 3.05) is 25.0 Å². The lowest BCUT2D eigenvalue weighted by molar-refractivity contribution is 0.0635. The molecule has 0 unspecified atom stereocenters. The fraction of sp³-hybridized carbons (Fsp3) is 0.579. The first-order chi connectivity index (χ1) is 12.1. The van der Waals surface area contributed by atoms with Crippen LogP contribution in [0.2, 0.25) is 0 Å². The molecule has 0 bridgehead atoms. The SMILES string of the molecule is C[C@H]1CCCCN1C(=O)c1ccc(NC(=O)NC[C@@H]2CCCO2)cc1. The molecule has 0 radical (unpaired) electrons. The summed E-state index contributed by atoms with van der Waals surface area (Å²) in [7, 11) is 0. The molecule has 6 heteroatoms. The van der Waals surface area contributed by atoms with Crippen LogP contribution in [0.5, 0.6) is 0 Å². The van der Waals surface area contributed by atoms with Gasteiger partial charge in [0, 0.05) is 37.0 Å². The monoisotopic (exact) mass is 345 g/mol. The molecular formula is C19H27N3O3. The van der Waals surface area contributed by atoms with Crippen molar-refractivity contribution in [3.05, 3.63) is 29.8 Å². The second-order valence-corrected chi connectivity index (χ2v) is 6.89. The van der Waals surface area contributed by atoms with E-state index in [0.717, 1.165) is 38.8 Å². The maximum Gasteiger partial charge on any atom is 0.319 e. The topological polar surface area (TPSA) is 70.7 Å². The maximum atomic E-state index is 12.6. The molecule has 0 saturated carbocycles. The predicted molar refractivity (Wildman–Crippen MR) is 96.8 cm³/mol. The van der Waals surface area contributed by atoms with Gasteiger partial charge < -0.3 is 20.3 Å². The molecule has 25 heavy (non-hydrogen) atoms. The molecule has 1 aromatic rings. The van der Waals surface area contributed by atoms with Gasteiger partial charge in [-0.15, -0.1) is 0 Å². The number of urea groups is 1. The number of hydrogen-bond acceptors (Lipinski definition) is 3. The van der Waals surface area contributed by atoms with Crippen molar-refractivity contribution >= 4 is 17.6 Å². The van der Waals surface area contributed by atoms with Crippen LogP contribution in [0, 0.1) is 0 Å². The van der Waals surface area contributed by atoms with Crippen molar-refractivity contribution < 1.29 is 14.3 Å². The molecule has 3 amide bonds. The number of amides is 3. The van der Waals surface area contributed by atoms with Crippen LogP contribution in [0.3, 0.4) is 0 Å². The van der Waals surface area contributed by atoms with Crippen LogP contribution < -0.4 is 10.6 Å². The highest BCUT2D eigenvalue weighted by molar-refractivity contribution is 5.95. The first-order valence-corrected chi connectivity index (χ1v) is 9.21. The van der Waals surface area contributed by atoms with E-state index in [9.17, 15) is 9.59 Å². The van der Waals surface area contributed by atoms with Gasteiger partial charge in [-0.25, -0.2) is 4.79 Å². The molecule has 2 aliphatic heterocycles. The number of carbonyl (C=O) groups is 2. The quantitative estimate of drug-likeness (QED) is 0.881. The van der Waals surface area contributed by atoms with Crippen LogP contribution in [0.15, 0.2) is 24.3 Å². The first-order valence-electron chi connectivity index (χ1n) is 9.21. The number of carbonyl (C=O) groups excluding carboxylic acids is 2. The van der Waals surface area contributed by atoms with E-state index < -0.39 is 0 Å². The Morgan fingerprint density at radius 3 is 2.64 bits per heavy atom. The predicted octanol–water partition coefficient (Wildman–Crippen LogP) is 3.00. The van der Waals surface area contributed by atoms with E-state index in [2.05, 4.69) is 17.6 Å². The summed E-state index contributed by atoms with van der Waals surface area (Å²) in [6.45, 7) is 4.23. The second-order valence-electron chi connectivity index (χ2n) is 6.89. The van der Waals surface area contributed by atoms with Crippen LogP contribution in [-0.4, -0.2) is 48.7 Å². The Bertz CT molecular complexity index is 596. The van der Waals surface area contributed by atoms with E-state index >= 15 is 0 Å². The van der Waals surface area contributed by atoms with Gasteiger partial charge >= 0.3 is 6.03 Å². The standard InChI is InChI=1S/C19H27N3O3/c1-14-5-2-3-11-22(14)18(23)15-7-9-16(10-8-15)21-19(24)20-13-17-6-4-12-25-17/h7-10,14,17H,2-6,11-13H2,1H3,(H2,20,21,24)/t14-,17-/m0/s1. The van der Waals surface area contributed by atoms with Gasteiger partial charge in [0.1, 0.15) is 0 Å². The fourth-order valence-electron chi connectivity index (χ4n) is 3.45. The van der Waals surface area contributed by atoms with Gasteiger partial charge in [0.25, 0.3) is 5.91 Å². The molecule has 2 atom stereocenters. The highest BCUT2D eigenvalue weighted by atomic mass is 16.5. The summed E-state index contributed by atoms with van der Waals surface area (Å²) < 4.78 is 5.48. The summed E-state index contributed by atoms with van der Waals surface area (Å²) in [5.74, 6) is 0.0709. The van der Waals surface area contributed by atoms with E-state index in [1.807, 2.05) is 4.90 Å². The molecule has 1 aromatic carbocycles. The zero-order valence-corrected chi connectivity index (χ0v) is 14.8. The van der Waals surface area contributed by atoms with Crippen LogP contribution in [0.1, 0.15) is 49.4 Å². The zero-order valence-electron chi connectivity index (χ0n) is 14.8. The summed E-state index contributed by atoms with van der Waals surface area (Å²) in [6, 6.07) is 7.14. The Balaban J connectivity index is 1.51. The minimum atomic E-state index is -0.251. The van der Waals surface area contributed by atoms with Crippen molar-refractivity contribution in [2.24, 2.45) is 0 Å². The Morgan fingerprint density at radius 2 is 1.96 bits per heavy atom. The van der Waals surface area contributed by atoms with Crippen LogP contribution >= 0.6 is 0 Å². The molecule has 3 rings (SSSR count). The third-order valence-electron chi connectivity index (χ3n) is 4.97. The van der Waals surface area contributed by atoms with Crippen molar-refractivity contribution in [2.45, 2.75) is 51.2 Å². The number of anilines is 1. The summed E-state index contributed by atoms with van der Waals surface area (Å²) in [6.07, 6.45) is 5.49. The van der Waals surface area contributed by atoms with Crippen molar-refractivity contribution in [3.8, 4) is 0 Å². The first kappa shape index (κ1) is 17.7. The summed E-state index contributed by atoms with van der Waals surface area (Å²) in [5, 5.41) is 5.61. The van der Waals surface area contributed by atoms with E-state index in [1.54, 1.807) is 24.3 Å². The molecule has 2 saturated heterocycles. The van der Waals surface area contributed by atoms with Crippen LogP contribution in [-0.2, 0) is 4.74 Å². The van der Waals surface area contributed by atoms with E-state index in [-0.39, 0.29) is 18.0 Å². The molecule has 2 fully saturated rings.